The monoisotopic (exact) mass is 874 g/mol. The standard InChI is InChI=1S/C56H107NO5/c1-3-5-7-9-11-13-15-17-19-21-22-24-26-28-30-34-38-42-46-50-56(61)62-51-47-43-39-35-31-33-37-41-45-49-55(60)57-53(52-58)54(59)48-44-40-36-32-29-27-25-23-20-18-16-14-12-10-8-6-4-2/h17,19,33,37,53-54,58-59H,3-16,18,20-32,34-36,38-52H2,1-2H3,(H,57,60)/b19-17-,37-33-. The van der Waals surface area contributed by atoms with Crippen molar-refractivity contribution >= 4 is 11.9 Å². The molecule has 0 saturated heterocycles. The van der Waals surface area contributed by atoms with Gasteiger partial charge in [0.1, 0.15) is 0 Å². The maximum absolute atomic E-state index is 12.4. The average Bonchev–Trinajstić information content (AvgIpc) is 3.27. The molecular weight excluding hydrogens is 767 g/mol. The lowest BCUT2D eigenvalue weighted by Gasteiger charge is -2.22. The fourth-order valence-electron chi connectivity index (χ4n) is 8.46. The third-order valence-corrected chi connectivity index (χ3v) is 12.7. The summed E-state index contributed by atoms with van der Waals surface area (Å²) in [5, 5.41) is 23.2. The predicted octanol–water partition coefficient (Wildman–Crippen LogP) is 16.7. The van der Waals surface area contributed by atoms with Gasteiger partial charge in [0.25, 0.3) is 0 Å². The van der Waals surface area contributed by atoms with Gasteiger partial charge in [0.05, 0.1) is 25.4 Å². The normalized spacial score (nSPS) is 12.8. The van der Waals surface area contributed by atoms with Crippen molar-refractivity contribution in [2.24, 2.45) is 0 Å². The number of carbonyl (C=O) groups excluding carboxylic acids is 2. The van der Waals surface area contributed by atoms with Gasteiger partial charge in [0.2, 0.25) is 5.91 Å². The Hall–Kier alpha value is -1.66. The summed E-state index contributed by atoms with van der Waals surface area (Å²) in [4.78, 5) is 24.5. The third-order valence-electron chi connectivity index (χ3n) is 12.7. The summed E-state index contributed by atoms with van der Waals surface area (Å²) in [6.07, 6.45) is 61.6. The molecule has 0 aromatic rings. The number of amides is 1. The molecule has 0 saturated carbocycles. The zero-order chi connectivity index (χ0) is 45.1. The Balaban J connectivity index is 3.51. The first kappa shape index (κ1) is 60.3. The Bertz CT molecular complexity index is 966. The van der Waals surface area contributed by atoms with E-state index in [0.717, 1.165) is 70.6 Å². The number of hydrogen-bond acceptors (Lipinski definition) is 5. The Kier molecular flexibility index (Phi) is 50.6. The molecule has 0 radical (unpaired) electrons. The topological polar surface area (TPSA) is 95.9 Å². The number of aliphatic hydroxyl groups excluding tert-OH is 2. The number of ether oxygens (including phenoxy) is 1. The van der Waals surface area contributed by atoms with Gasteiger partial charge in [-0.1, -0.05) is 237 Å². The average molecular weight is 874 g/mol. The minimum absolute atomic E-state index is 0.0357. The zero-order valence-corrected chi connectivity index (χ0v) is 41.6. The molecule has 2 atom stereocenters. The van der Waals surface area contributed by atoms with Gasteiger partial charge < -0.3 is 20.3 Å². The molecule has 62 heavy (non-hydrogen) atoms. The number of allylic oxidation sites excluding steroid dienone is 4. The molecule has 0 spiro atoms. The van der Waals surface area contributed by atoms with Crippen LogP contribution in [0.25, 0.3) is 0 Å². The Morgan fingerprint density at radius 2 is 0.774 bits per heavy atom. The molecule has 0 aromatic carbocycles. The fourth-order valence-corrected chi connectivity index (χ4v) is 8.46. The molecule has 366 valence electrons. The highest BCUT2D eigenvalue weighted by atomic mass is 16.5. The first-order valence-electron chi connectivity index (χ1n) is 27.6. The van der Waals surface area contributed by atoms with Crippen molar-refractivity contribution in [1.82, 2.24) is 5.32 Å². The summed E-state index contributed by atoms with van der Waals surface area (Å²) >= 11 is 0. The molecule has 0 heterocycles. The van der Waals surface area contributed by atoms with Gasteiger partial charge in [-0.25, -0.2) is 0 Å². The van der Waals surface area contributed by atoms with Gasteiger partial charge in [0, 0.05) is 12.8 Å². The number of aliphatic hydroxyl groups is 2. The molecule has 6 heteroatoms. The summed E-state index contributed by atoms with van der Waals surface area (Å²) in [5.41, 5.74) is 0. The molecule has 0 fully saturated rings. The van der Waals surface area contributed by atoms with E-state index in [0.29, 0.717) is 25.9 Å². The van der Waals surface area contributed by atoms with Crippen LogP contribution in [0, 0.1) is 0 Å². The van der Waals surface area contributed by atoms with E-state index in [4.69, 9.17) is 4.74 Å². The lowest BCUT2D eigenvalue weighted by atomic mass is 10.0. The third kappa shape index (κ3) is 47.8. The highest BCUT2D eigenvalue weighted by Gasteiger charge is 2.20. The van der Waals surface area contributed by atoms with Gasteiger partial charge in [-0.15, -0.1) is 0 Å². The number of carbonyl (C=O) groups is 2. The molecule has 0 aliphatic rings. The number of rotatable bonds is 51. The molecule has 0 aromatic heterocycles. The molecule has 1 amide bonds. The molecule has 0 aliphatic heterocycles. The lowest BCUT2D eigenvalue weighted by molar-refractivity contribution is -0.143. The highest BCUT2D eigenvalue weighted by molar-refractivity contribution is 5.76. The van der Waals surface area contributed by atoms with Crippen LogP contribution in [0.4, 0.5) is 0 Å². The minimum atomic E-state index is -0.695. The van der Waals surface area contributed by atoms with E-state index in [1.54, 1.807) is 0 Å². The van der Waals surface area contributed by atoms with E-state index in [9.17, 15) is 19.8 Å². The summed E-state index contributed by atoms with van der Waals surface area (Å²) < 4.78 is 5.46. The van der Waals surface area contributed by atoms with Crippen LogP contribution in [-0.4, -0.2) is 47.4 Å². The number of esters is 1. The van der Waals surface area contributed by atoms with Gasteiger partial charge in [-0.05, 0) is 70.6 Å². The van der Waals surface area contributed by atoms with Crippen LogP contribution in [0.2, 0.25) is 0 Å². The zero-order valence-electron chi connectivity index (χ0n) is 41.6. The smallest absolute Gasteiger partial charge is 0.305 e. The Labute approximate surface area is 386 Å². The van der Waals surface area contributed by atoms with E-state index in [1.165, 1.54) is 193 Å². The van der Waals surface area contributed by atoms with Crippen molar-refractivity contribution < 1.29 is 24.5 Å². The van der Waals surface area contributed by atoms with E-state index >= 15 is 0 Å². The van der Waals surface area contributed by atoms with Crippen molar-refractivity contribution in [2.45, 2.75) is 309 Å². The SMILES string of the molecule is CCCCCCCC/C=C\CCCCCCCCCCCC(=O)OCCCCCC/C=C\CCCC(=O)NC(CO)C(O)CCCCCCCCCCCCCCCCCCC. The summed E-state index contributed by atoms with van der Waals surface area (Å²) in [6.45, 7) is 4.87. The molecule has 3 N–H and O–H groups in total. The number of nitrogens with one attached hydrogen (secondary N) is 1. The van der Waals surface area contributed by atoms with E-state index in [2.05, 4.69) is 43.5 Å². The molecule has 2 unspecified atom stereocenters. The van der Waals surface area contributed by atoms with Gasteiger partial charge >= 0.3 is 5.97 Å². The Morgan fingerprint density at radius 3 is 1.18 bits per heavy atom. The number of unbranched alkanes of at least 4 members (excludes halogenated alkanes) is 36. The van der Waals surface area contributed by atoms with Crippen LogP contribution in [-0.2, 0) is 14.3 Å². The molecular formula is C56H107NO5. The van der Waals surface area contributed by atoms with Crippen molar-refractivity contribution in [1.29, 1.82) is 0 Å². The van der Waals surface area contributed by atoms with E-state index < -0.39 is 12.1 Å². The summed E-state index contributed by atoms with van der Waals surface area (Å²) in [7, 11) is 0. The van der Waals surface area contributed by atoms with Crippen LogP contribution >= 0.6 is 0 Å². The maximum Gasteiger partial charge on any atom is 0.305 e. The molecule has 0 rings (SSSR count). The largest absolute Gasteiger partial charge is 0.466 e. The maximum atomic E-state index is 12.4. The van der Waals surface area contributed by atoms with Crippen LogP contribution in [0.1, 0.15) is 296 Å². The summed E-state index contributed by atoms with van der Waals surface area (Å²) in [5.74, 6) is -0.130. The van der Waals surface area contributed by atoms with Crippen molar-refractivity contribution in [3.63, 3.8) is 0 Å². The molecule has 0 aliphatic carbocycles. The van der Waals surface area contributed by atoms with Crippen LogP contribution in [0.5, 0.6) is 0 Å². The summed E-state index contributed by atoms with van der Waals surface area (Å²) in [6, 6.07) is -0.579. The lowest BCUT2D eigenvalue weighted by Crippen LogP contribution is -2.45. The fraction of sp³-hybridized carbons (Fsp3) is 0.893. The molecule has 6 nitrogen and oxygen atoms in total. The molecule has 0 bridgehead atoms. The Morgan fingerprint density at radius 1 is 0.435 bits per heavy atom. The number of hydrogen-bond donors (Lipinski definition) is 3. The van der Waals surface area contributed by atoms with Gasteiger partial charge in [0.15, 0.2) is 0 Å². The quantitative estimate of drug-likeness (QED) is 0.0321. The van der Waals surface area contributed by atoms with Crippen molar-refractivity contribution in [3.05, 3.63) is 24.3 Å². The highest BCUT2D eigenvalue weighted by Crippen LogP contribution is 2.17. The van der Waals surface area contributed by atoms with E-state index in [-0.39, 0.29) is 18.5 Å². The second-order valence-corrected chi connectivity index (χ2v) is 18.9. The van der Waals surface area contributed by atoms with Gasteiger partial charge in [-0.2, -0.15) is 0 Å². The van der Waals surface area contributed by atoms with Crippen molar-refractivity contribution in [3.8, 4) is 0 Å². The van der Waals surface area contributed by atoms with Crippen molar-refractivity contribution in [2.75, 3.05) is 13.2 Å². The second-order valence-electron chi connectivity index (χ2n) is 18.9. The minimum Gasteiger partial charge on any atom is -0.466 e. The van der Waals surface area contributed by atoms with Crippen LogP contribution in [0.15, 0.2) is 24.3 Å². The first-order chi connectivity index (χ1) is 30.5. The second kappa shape index (κ2) is 52.0. The predicted molar refractivity (Wildman–Crippen MR) is 269 cm³/mol. The first-order valence-corrected chi connectivity index (χ1v) is 27.6. The van der Waals surface area contributed by atoms with E-state index in [1.807, 2.05) is 0 Å². The van der Waals surface area contributed by atoms with Gasteiger partial charge in [-0.3, -0.25) is 9.59 Å². The van der Waals surface area contributed by atoms with Crippen LogP contribution < -0.4 is 5.32 Å². The van der Waals surface area contributed by atoms with Crippen LogP contribution in [0.3, 0.4) is 0 Å².